The van der Waals surface area contributed by atoms with E-state index in [1.807, 2.05) is 43.3 Å². The molecule has 1 aromatic heterocycles. The van der Waals surface area contributed by atoms with Crippen LogP contribution in [0.3, 0.4) is 0 Å². The largest absolute Gasteiger partial charge is 0.350 e. The van der Waals surface area contributed by atoms with Crippen LogP contribution in [0.2, 0.25) is 0 Å². The maximum atomic E-state index is 12.1. The zero-order valence-electron chi connectivity index (χ0n) is 14.2. The summed E-state index contributed by atoms with van der Waals surface area (Å²) < 4.78 is 0. The lowest BCUT2D eigenvalue weighted by Crippen LogP contribution is -2.45. The second kappa shape index (κ2) is 7.79. The highest BCUT2D eigenvalue weighted by Crippen LogP contribution is 2.15. The highest BCUT2D eigenvalue weighted by atomic mass is 16.1. The van der Waals surface area contributed by atoms with Crippen molar-refractivity contribution < 1.29 is 4.79 Å². The van der Waals surface area contributed by atoms with Crippen LogP contribution in [0.25, 0.3) is 6.08 Å². The first-order chi connectivity index (χ1) is 12.1. The van der Waals surface area contributed by atoms with Gasteiger partial charge in [0.1, 0.15) is 0 Å². The van der Waals surface area contributed by atoms with Crippen LogP contribution < -0.4 is 15.8 Å². The average Bonchev–Trinajstić information content (AvgIpc) is 2.61. The van der Waals surface area contributed by atoms with Crippen molar-refractivity contribution in [3.63, 3.8) is 0 Å². The number of nitrogens with one attached hydrogen (secondary N) is 2. The van der Waals surface area contributed by atoms with Crippen molar-refractivity contribution in [3.05, 3.63) is 64.1 Å². The minimum Gasteiger partial charge on any atom is -0.350 e. The molecule has 0 spiro atoms. The predicted octanol–water partition coefficient (Wildman–Crippen LogP) is 1.88. The third kappa shape index (κ3) is 4.79. The second-order valence-electron chi connectivity index (χ2n) is 6.22. The van der Waals surface area contributed by atoms with Crippen LogP contribution in [0.15, 0.2) is 47.3 Å². The number of carbonyl (C=O) groups excluding carboxylic acids is 1. The number of amides is 1. The summed E-state index contributed by atoms with van der Waals surface area (Å²) in [5.74, 6) is 0.531. The Labute approximate surface area is 146 Å². The number of anilines is 1. The van der Waals surface area contributed by atoms with Crippen molar-refractivity contribution in [2.75, 3.05) is 18.0 Å². The number of aromatic nitrogens is 2. The lowest BCUT2D eigenvalue weighted by molar-refractivity contribution is -0.117. The molecule has 0 saturated carbocycles. The first-order valence-corrected chi connectivity index (χ1v) is 8.47. The Bertz CT molecular complexity index is 806. The summed E-state index contributed by atoms with van der Waals surface area (Å²) in [7, 11) is 0. The summed E-state index contributed by atoms with van der Waals surface area (Å²) in [4.78, 5) is 32.8. The van der Waals surface area contributed by atoms with Gasteiger partial charge in [-0.15, -0.1) is 0 Å². The smallest absolute Gasteiger partial charge is 0.252 e. The molecule has 25 heavy (non-hydrogen) atoms. The molecule has 1 aromatic carbocycles. The van der Waals surface area contributed by atoms with Gasteiger partial charge in [-0.05, 0) is 31.4 Å². The Morgan fingerprint density at radius 2 is 2.00 bits per heavy atom. The molecule has 0 radical (unpaired) electrons. The number of H-pyrrole nitrogens is 1. The molecule has 2 heterocycles. The molecule has 0 atom stereocenters. The van der Waals surface area contributed by atoms with Gasteiger partial charge in [0.25, 0.3) is 5.56 Å². The highest BCUT2D eigenvalue weighted by Gasteiger charge is 2.21. The summed E-state index contributed by atoms with van der Waals surface area (Å²) >= 11 is 0. The fraction of sp³-hybridized carbons (Fsp3) is 0.316. The van der Waals surface area contributed by atoms with E-state index in [0.29, 0.717) is 11.6 Å². The number of aryl methyl sites for hydroxylation is 1. The molecule has 2 aromatic rings. The minimum absolute atomic E-state index is 0.0793. The van der Waals surface area contributed by atoms with E-state index in [1.54, 1.807) is 6.08 Å². The van der Waals surface area contributed by atoms with Crippen molar-refractivity contribution in [2.24, 2.45) is 0 Å². The van der Waals surface area contributed by atoms with E-state index < -0.39 is 0 Å². The number of hydrogen-bond donors (Lipinski definition) is 2. The molecule has 0 aliphatic carbocycles. The van der Waals surface area contributed by atoms with Crippen LogP contribution in [-0.4, -0.2) is 35.0 Å². The predicted molar refractivity (Wildman–Crippen MR) is 98.4 cm³/mol. The number of benzene rings is 1. The average molecular weight is 338 g/mol. The molecule has 2 N–H and O–H groups in total. The van der Waals surface area contributed by atoms with E-state index in [4.69, 9.17) is 0 Å². The number of piperidine rings is 1. The lowest BCUT2D eigenvalue weighted by atomic mass is 10.1. The zero-order chi connectivity index (χ0) is 17.6. The maximum Gasteiger partial charge on any atom is 0.252 e. The Kier molecular flexibility index (Phi) is 5.28. The number of nitrogens with zero attached hydrogens (tertiary/aromatic N) is 2. The summed E-state index contributed by atoms with van der Waals surface area (Å²) in [6, 6.07) is 11.4. The van der Waals surface area contributed by atoms with Crippen molar-refractivity contribution in [3.8, 4) is 0 Å². The van der Waals surface area contributed by atoms with Crippen molar-refractivity contribution >= 4 is 17.9 Å². The molecule has 6 nitrogen and oxygen atoms in total. The Hall–Kier alpha value is -2.89. The van der Waals surface area contributed by atoms with E-state index in [1.165, 1.54) is 6.07 Å². The van der Waals surface area contributed by atoms with Crippen molar-refractivity contribution in [1.82, 2.24) is 15.3 Å². The van der Waals surface area contributed by atoms with Crippen LogP contribution in [0.1, 0.15) is 24.1 Å². The first kappa shape index (κ1) is 17.0. The number of rotatable bonds is 4. The molecule has 1 saturated heterocycles. The van der Waals surface area contributed by atoms with Gasteiger partial charge in [0.15, 0.2) is 0 Å². The van der Waals surface area contributed by atoms with Gasteiger partial charge in [-0.1, -0.05) is 30.3 Å². The third-order valence-corrected chi connectivity index (χ3v) is 4.22. The van der Waals surface area contributed by atoms with Gasteiger partial charge >= 0.3 is 0 Å². The first-order valence-electron chi connectivity index (χ1n) is 8.47. The Morgan fingerprint density at radius 3 is 2.68 bits per heavy atom. The van der Waals surface area contributed by atoms with Crippen LogP contribution in [0.5, 0.6) is 0 Å². The van der Waals surface area contributed by atoms with Crippen molar-refractivity contribution in [2.45, 2.75) is 25.8 Å². The molecule has 0 bridgehead atoms. The summed E-state index contributed by atoms with van der Waals surface area (Å²) in [6.45, 7) is 3.31. The monoisotopic (exact) mass is 338 g/mol. The van der Waals surface area contributed by atoms with Gasteiger partial charge in [-0.3, -0.25) is 14.6 Å². The van der Waals surface area contributed by atoms with E-state index in [9.17, 15) is 9.59 Å². The molecular weight excluding hydrogens is 316 g/mol. The highest BCUT2D eigenvalue weighted by molar-refractivity contribution is 5.91. The summed E-state index contributed by atoms with van der Waals surface area (Å²) in [6.07, 6.45) is 5.03. The topological polar surface area (TPSA) is 78.1 Å². The molecule has 1 amide bonds. The summed E-state index contributed by atoms with van der Waals surface area (Å²) in [5, 5.41) is 3.04. The number of aromatic amines is 1. The molecule has 130 valence electrons. The minimum atomic E-state index is -0.135. The van der Waals surface area contributed by atoms with E-state index in [-0.39, 0.29) is 17.5 Å². The van der Waals surface area contributed by atoms with Gasteiger partial charge in [-0.2, -0.15) is 0 Å². The molecule has 0 unspecified atom stereocenters. The maximum absolute atomic E-state index is 12.1. The van der Waals surface area contributed by atoms with Gasteiger partial charge in [0, 0.05) is 37.0 Å². The lowest BCUT2D eigenvalue weighted by Gasteiger charge is -2.32. The Morgan fingerprint density at radius 1 is 1.28 bits per heavy atom. The van der Waals surface area contributed by atoms with Gasteiger partial charge in [-0.25, -0.2) is 4.98 Å². The van der Waals surface area contributed by atoms with Gasteiger partial charge in [0.05, 0.1) is 0 Å². The van der Waals surface area contributed by atoms with E-state index in [2.05, 4.69) is 20.2 Å². The van der Waals surface area contributed by atoms with Crippen LogP contribution in [0, 0.1) is 6.92 Å². The van der Waals surface area contributed by atoms with Crippen LogP contribution in [0.4, 0.5) is 5.95 Å². The molecule has 1 aliphatic heterocycles. The van der Waals surface area contributed by atoms with E-state index >= 15 is 0 Å². The van der Waals surface area contributed by atoms with E-state index in [0.717, 1.165) is 31.5 Å². The van der Waals surface area contributed by atoms with Crippen LogP contribution in [-0.2, 0) is 4.79 Å². The second-order valence-corrected chi connectivity index (χ2v) is 6.22. The third-order valence-electron chi connectivity index (χ3n) is 4.22. The molecule has 1 aliphatic rings. The zero-order valence-corrected chi connectivity index (χ0v) is 14.2. The molecule has 6 heteroatoms. The van der Waals surface area contributed by atoms with Crippen molar-refractivity contribution in [1.29, 1.82) is 0 Å². The molecule has 3 rings (SSSR count). The van der Waals surface area contributed by atoms with Gasteiger partial charge < -0.3 is 10.2 Å². The van der Waals surface area contributed by atoms with Gasteiger partial charge in [0.2, 0.25) is 11.9 Å². The molecule has 1 fully saturated rings. The molecular formula is C19H22N4O2. The normalized spacial score (nSPS) is 15.5. The SMILES string of the molecule is Cc1cc(=O)[nH]c(N2CCC(NC(=O)C=Cc3ccccc3)CC2)n1. The quantitative estimate of drug-likeness (QED) is 0.835. The van der Waals surface area contributed by atoms with Crippen LogP contribution >= 0.6 is 0 Å². The fourth-order valence-corrected chi connectivity index (χ4v) is 2.93. The fourth-order valence-electron chi connectivity index (χ4n) is 2.93. The summed E-state index contributed by atoms with van der Waals surface area (Å²) in [5.41, 5.74) is 1.58. The number of carbonyl (C=O) groups is 1. The number of hydrogen-bond acceptors (Lipinski definition) is 4. The Balaban J connectivity index is 1.51. The standard InChI is InChI=1S/C19H22N4O2/c1-14-13-18(25)22-19(20-14)23-11-9-16(10-12-23)21-17(24)8-7-15-5-3-2-4-6-15/h2-8,13,16H,9-12H2,1H3,(H,21,24)(H,20,22,25).